The molecule has 0 bridgehead atoms. The molecule has 1 atom stereocenters. The Morgan fingerprint density at radius 2 is 1.25 bits per heavy atom. The average Bonchev–Trinajstić information content (AvgIpc) is 2.26. The van der Waals surface area contributed by atoms with E-state index in [4.69, 9.17) is 11.6 Å². The molecule has 0 aromatic carbocycles. The van der Waals surface area contributed by atoms with Gasteiger partial charge in [-0.25, -0.2) is 0 Å². The first-order valence-corrected chi connectivity index (χ1v) is 10.1. The van der Waals surface area contributed by atoms with Crippen LogP contribution in [0.5, 0.6) is 0 Å². The predicted molar refractivity (Wildman–Crippen MR) is 79.0 cm³/mol. The molecule has 0 spiro atoms. The molecule has 0 nitrogen and oxygen atoms in total. The van der Waals surface area contributed by atoms with Gasteiger partial charge < -0.3 is 0 Å². The van der Waals surface area contributed by atoms with Crippen molar-refractivity contribution >= 4 is 20.4 Å². The van der Waals surface area contributed by atoms with Gasteiger partial charge in [-0.1, -0.05) is 77.8 Å². The van der Waals surface area contributed by atoms with Crippen LogP contribution in [0.25, 0.3) is 0 Å². The average molecular weight is 262 g/mol. The summed E-state index contributed by atoms with van der Waals surface area (Å²) < 4.78 is 0. The van der Waals surface area contributed by atoms with Gasteiger partial charge >= 0.3 is 0 Å². The van der Waals surface area contributed by atoms with Crippen LogP contribution in [0, 0.1) is 0 Å². The standard InChI is InChI=1S/C14H30ClSi/c1-4-5-6-7-8-9-10-11-12-13-14(15)16(2)3/h14H,4-13H2,1-3H3. The summed E-state index contributed by atoms with van der Waals surface area (Å²) in [4.78, 5) is 0. The van der Waals surface area contributed by atoms with Gasteiger partial charge in [-0.05, 0) is 6.42 Å². The third kappa shape index (κ3) is 11.0. The molecule has 0 N–H and O–H groups in total. The molecule has 0 saturated carbocycles. The van der Waals surface area contributed by atoms with Gasteiger partial charge in [0.15, 0.2) is 0 Å². The Labute approximate surface area is 110 Å². The number of alkyl halides is 1. The highest BCUT2D eigenvalue weighted by Gasteiger charge is 2.09. The Morgan fingerprint density at radius 3 is 1.69 bits per heavy atom. The first-order valence-electron chi connectivity index (χ1n) is 7.12. The van der Waals surface area contributed by atoms with E-state index in [2.05, 4.69) is 20.0 Å². The first kappa shape index (κ1) is 16.5. The summed E-state index contributed by atoms with van der Waals surface area (Å²) >= 11 is 6.26. The second-order valence-electron chi connectivity index (χ2n) is 5.16. The molecule has 0 saturated heterocycles. The molecule has 97 valence electrons. The summed E-state index contributed by atoms with van der Waals surface area (Å²) in [5.74, 6) is 0. The normalized spacial score (nSPS) is 13.3. The Kier molecular flexibility index (Phi) is 12.4. The van der Waals surface area contributed by atoms with Crippen molar-refractivity contribution < 1.29 is 0 Å². The van der Waals surface area contributed by atoms with E-state index in [-0.39, 0.29) is 8.80 Å². The van der Waals surface area contributed by atoms with E-state index in [0.29, 0.717) is 5.00 Å². The largest absolute Gasteiger partial charge is 0.127 e. The maximum absolute atomic E-state index is 6.26. The maximum atomic E-state index is 6.26. The lowest BCUT2D eigenvalue weighted by molar-refractivity contribution is 0.560. The quantitative estimate of drug-likeness (QED) is 0.250. The summed E-state index contributed by atoms with van der Waals surface area (Å²) in [5, 5.41) is 0.495. The zero-order valence-corrected chi connectivity index (χ0v) is 13.3. The summed E-state index contributed by atoms with van der Waals surface area (Å²) in [6, 6.07) is 0. The van der Waals surface area contributed by atoms with E-state index in [0.717, 1.165) is 0 Å². The molecule has 0 fully saturated rings. The van der Waals surface area contributed by atoms with Gasteiger partial charge in [0.1, 0.15) is 0 Å². The fourth-order valence-corrected chi connectivity index (χ4v) is 2.86. The van der Waals surface area contributed by atoms with Gasteiger partial charge in [-0.15, -0.1) is 11.6 Å². The van der Waals surface area contributed by atoms with Crippen LogP contribution in [0.3, 0.4) is 0 Å². The molecular formula is C14H30ClSi. The monoisotopic (exact) mass is 261 g/mol. The molecule has 0 aliphatic rings. The van der Waals surface area contributed by atoms with Crippen molar-refractivity contribution in [3.05, 3.63) is 0 Å². The topological polar surface area (TPSA) is 0 Å². The molecular weight excluding hydrogens is 232 g/mol. The van der Waals surface area contributed by atoms with Crippen LogP contribution >= 0.6 is 11.6 Å². The van der Waals surface area contributed by atoms with Gasteiger partial charge in [0.25, 0.3) is 0 Å². The minimum atomic E-state index is -0.254. The highest BCUT2D eigenvalue weighted by Crippen LogP contribution is 2.14. The smallest absolute Gasteiger partial charge is 0.0635 e. The second kappa shape index (κ2) is 12.0. The molecule has 0 aromatic heterocycles. The fraction of sp³-hybridized carbons (Fsp3) is 1.00. The molecule has 0 heterocycles. The molecule has 16 heavy (non-hydrogen) atoms. The second-order valence-corrected chi connectivity index (χ2v) is 8.91. The van der Waals surface area contributed by atoms with Crippen LogP contribution in [0.1, 0.15) is 71.1 Å². The lowest BCUT2D eigenvalue weighted by atomic mass is 10.1. The lowest BCUT2D eigenvalue weighted by Crippen LogP contribution is -2.17. The summed E-state index contributed by atoms with van der Waals surface area (Å²) in [6.07, 6.45) is 14.0. The number of hydrogen-bond donors (Lipinski definition) is 0. The molecule has 0 amide bonds. The zero-order chi connectivity index (χ0) is 12.2. The van der Waals surface area contributed by atoms with Crippen LogP contribution in [-0.2, 0) is 0 Å². The van der Waals surface area contributed by atoms with Crippen molar-refractivity contribution in [3.8, 4) is 0 Å². The van der Waals surface area contributed by atoms with E-state index >= 15 is 0 Å². The van der Waals surface area contributed by atoms with E-state index in [1.165, 1.54) is 64.2 Å². The van der Waals surface area contributed by atoms with E-state index in [1.54, 1.807) is 0 Å². The van der Waals surface area contributed by atoms with Gasteiger partial charge in [0, 0.05) is 5.00 Å². The van der Waals surface area contributed by atoms with Crippen molar-refractivity contribution in [2.45, 2.75) is 89.2 Å². The third-order valence-corrected chi connectivity index (χ3v) is 6.26. The number of rotatable bonds is 11. The molecule has 1 radical (unpaired) electrons. The van der Waals surface area contributed by atoms with E-state index in [9.17, 15) is 0 Å². The maximum Gasteiger partial charge on any atom is 0.0635 e. The molecule has 0 rings (SSSR count). The Balaban J connectivity index is 3.04. The SMILES string of the molecule is CCCCCCCCCCCC(Cl)[Si](C)C. The van der Waals surface area contributed by atoms with Crippen molar-refractivity contribution in [1.82, 2.24) is 0 Å². The molecule has 2 heteroatoms. The van der Waals surface area contributed by atoms with Gasteiger partial charge in [0.05, 0.1) is 8.80 Å². The predicted octanol–water partition coefficient (Wildman–Crippen LogP) is 5.81. The molecule has 0 aromatic rings. The summed E-state index contributed by atoms with van der Waals surface area (Å²) in [6.45, 7) is 6.91. The summed E-state index contributed by atoms with van der Waals surface area (Å²) in [5.41, 5.74) is 0. The zero-order valence-electron chi connectivity index (χ0n) is 11.5. The fourth-order valence-electron chi connectivity index (χ4n) is 1.92. The molecule has 0 aliphatic carbocycles. The Morgan fingerprint density at radius 1 is 0.812 bits per heavy atom. The van der Waals surface area contributed by atoms with Crippen LogP contribution < -0.4 is 0 Å². The van der Waals surface area contributed by atoms with Crippen molar-refractivity contribution in [3.63, 3.8) is 0 Å². The van der Waals surface area contributed by atoms with E-state index < -0.39 is 0 Å². The highest BCUT2D eigenvalue weighted by atomic mass is 35.5. The van der Waals surface area contributed by atoms with Gasteiger partial charge in [0.2, 0.25) is 0 Å². The lowest BCUT2D eigenvalue weighted by Gasteiger charge is -2.11. The van der Waals surface area contributed by atoms with Gasteiger partial charge in [-0.2, -0.15) is 0 Å². The molecule has 0 aliphatic heterocycles. The van der Waals surface area contributed by atoms with E-state index in [1.807, 2.05) is 0 Å². The number of hydrogen-bond acceptors (Lipinski definition) is 0. The van der Waals surface area contributed by atoms with Gasteiger partial charge in [-0.3, -0.25) is 0 Å². The van der Waals surface area contributed by atoms with Crippen LogP contribution in [0.15, 0.2) is 0 Å². The number of unbranched alkanes of at least 4 members (excludes halogenated alkanes) is 8. The van der Waals surface area contributed by atoms with Crippen molar-refractivity contribution in [2.75, 3.05) is 0 Å². The minimum Gasteiger partial charge on any atom is -0.127 e. The molecule has 1 unspecified atom stereocenters. The summed E-state index contributed by atoms with van der Waals surface area (Å²) in [7, 11) is -0.254. The van der Waals surface area contributed by atoms with Crippen LogP contribution in [-0.4, -0.2) is 13.8 Å². The van der Waals surface area contributed by atoms with Crippen molar-refractivity contribution in [2.24, 2.45) is 0 Å². The number of halogens is 1. The minimum absolute atomic E-state index is 0.254. The van der Waals surface area contributed by atoms with Crippen LogP contribution in [0.2, 0.25) is 13.1 Å². The van der Waals surface area contributed by atoms with Crippen LogP contribution in [0.4, 0.5) is 0 Å². The Bertz CT molecular complexity index is 137. The van der Waals surface area contributed by atoms with Crippen molar-refractivity contribution in [1.29, 1.82) is 0 Å². The highest BCUT2D eigenvalue weighted by molar-refractivity contribution is 6.67. The Hall–Kier alpha value is 0.507. The third-order valence-electron chi connectivity index (χ3n) is 3.19. The first-order chi connectivity index (χ1) is 7.68.